The van der Waals surface area contributed by atoms with Crippen LogP contribution in [0.5, 0.6) is 0 Å². The molecular formula is C6H11NO2S. The quantitative estimate of drug-likeness (QED) is 0.587. The molecule has 0 aliphatic rings. The van der Waals surface area contributed by atoms with Gasteiger partial charge < -0.3 is 5.32 Å². The highest BCUT2D eigenvalue weighted by Gasteiger charge is 2.12. The second-order valence-electron chi connectivity index (χ2n) is 2.00. The minimum absolute atomic E-state index is 0.200. The molecule has 0 aromatic carbocycles. The summed E-state index contributed by atoms with van der Waals surface area (Å²) in [6.45, 7) is 3.19. The third kappa shape index (κ3) is 3.50. The average Bonchev–Trinajstić information content (AvgIpc) is 1.81. The number of hydrogen-bond acceptors (Lipinski definition) is 2. The number of hydrogen-bond donors (Lipinski definition) is 2. The van der Waals surface area contributed by atoms with Crippen LogP contribution in [-0.4, -0.2) is 17.1 Å². The number of carbonyl (C=O) groups is 2. The van der Waals surface area contributed by atoms with Crippen LogP contribution in [0.3, 0.4) is 0 Å². The fraction of sp³-hybridized carbons (Fsp3) is 0.667. The van der Waals surface area contributed by atoms with E-state index in [0.717, 1.165) is 0 Å². The molecule has 0 aliphatic carbocycles. The summed E-state index contributed by atoms with van der Waals surface area (Å²) >= 11 is 3.59. The Balaban J connectivity index is 3.83. The molecule has 1 amide bonds. The number of amides is 1. The Morgan fingerprint density at radius 3 is 2.20 bits per heavy atom. The molecule has 0 aliphatic heterocycles. The van der Waals surface area contributed by atoms with Crippen LogP contribution < -0.4 is 5.32 Å². The van der Waals surface area contributed by atoms with Crippen molar-refractivity contribution >= 4 is 23.7 Å². The van der Waals surface area contributed by atoms with Crippen molar-refractivity contribution in [1.29, 1.82) is 0 Å². The Labute approximate surface area is 65.6 Å². The molecule has 0 fully saturated rings. The minimum atomic E-state index is -0.430. The molecule has 0 rings (SSSR count). The maximum absolute atomic E-state index is 10.6. The van der Waals surface area contributed by atoms with Crippen LogP contribution >= 0.6 is 12.6 Å². The third-order valence-corrected chi connectivity index (χ3v) is 1.40. The van der Waals surface area contributed by atoms with Crippen LogP contribution in [0.15, 0.2) is 0 Å². The van der Waals surface area contributed by atoms with Gasteiger partial charge in [-0.1, -0.05) is 6.92 Å². The van der Waals surface area contributed by atoms with E-state index in [0.29, 0.717) is 6.42 Å². The highest BCUT2D eigenvalue weighted by Crippen LogP contribution is 1.95. The Hall–Kier alpha value is -0.510. The molecule has 0 saturated heterocycles. The van der Waals surface area contributed by atoms with Crippen LogP contribution in [0.1, 0.15) is 20.3 Å². The molecule has 3 nitrogen and oxygen atoms in total. The molecule has 0 spiro atoms. The Morgan fingerprint density at radius 1 is 1.60 bits per heavy atom. The molecule has 0 saturated carbocycles. The molecule has 0 radical (unpaired) electrons. The van der Waals surface area contributed by atoms with Crippen LogP contribution in [0.2, 0.25) is 0 Å². The van der Waals surface area contributed by atoms with Gasteiger partial charge in [-0.2, -0.15) is 0 Å². The lowest BCUT2D eigenvalue weighted by atomic mass is 10.2. The lowest BCUT2D eigenvalue weighted by molar-refractivity contribution is -0.123. The second-order valence-corrected chi connectivity index (χ2v) is 2.44. The van der Waals surface area contributed by atoms with Gasteiger partial charge >= 0.3 is 0 Å². The summed E-state index contributed by atoms with van der Waals surface area (Å²) in [5, 5.41) is 2.17. The summed E-state index contributed by atoms with van der Waals surface area (Å²) in [7, 11) is 0. The maximum atomic E-state index is 10.6. The smallest absolute Gasteiger partial charge is 0.217 e. The Morgan fingerprint density at radius 2 is 2.10 bits per heavy atom. The van der Waals surface area contributed by atoms with E-state index >= 15 is 0 Å². The molecule has 0 aromatic heterocycles. The summed E-state index contributed by atoms with van der Waals surface area (Å²) in [5.41, 5.74) is 0. The van der Waals surface area contributed by atoms with Crippen molar-refractivity contribution in [3.05, 3.63) is 0 Å². The monoisotopic (exact) mass is 161 g/mol. The second kappa shape index (κ2) is 4.33. The topological polar surface area (TPSA) is 46.2 Å². The summed E-state index contributed by atoms with van der Waals surface area (Å²) in [6.07, 6.45) is 0.585. The minimum Gasteiger partial charge on any atom is -0.346 e. The van der Waals surface area contributed by atoms with E-state index in [4.69, 9.17) is 0 Å². The predicted molar refractivity (Wildman–Crippen MR) is 41.9 cm³/mol. The zero-order chi connectivity index (χ0) is 8.15. The highest BCUT2D eigenvalue weighted by atomic mass is 32.1. The van der Waals surface area contributed by atoms with E-state index in [1.807, 2.05) is 6.92 Å². The molecule has 0 heterocycles. The first-order chi connectivity index (χ1) is 4.57. The Bertz CT molecular complexity index is 147. The first-order valence-electron chi connectivity index (χ1n) is 3.07. The van der Waals surface area contributed by atoms with Gasteiger partial charge in [0.25, 0.3) is 0 Å². The molecule has 1 atom stereocenters. The van der Waals surface area contributed by atoms with E-state index in [1.165, 1.54) is 6.92 Å². The van der Waals surface area contributed by atoms with Crippen molar-refractivity contribution < 1.29 is 9.59 Å². The van der Waals surface area contributed by atoms with Crippen molar-refractivity contribution in [3.63, 3.8) is 0 Å². The van der Waals surface area contributed by atoms with Gasteiger partial charge in [0.05, 0.1) is 6.04 Å². The fourth-order valence-corrected chi connectivity index (χ4v) is 0.831. The summed E-state index contributed by atoms with van der Waals surface area (Å²) in [6, 6.07) is -0.430. The van der Waals surface area contributed by atoms with Gasteiger partial charge in [0.15, 0.2) is 0 Å². The molecule has 1 unspecified atom stereocenters. The molecule has 58 valence electrons. The lowest BCUT2D eigenvalue weighted by Gasteiger charge is -2.09. The Kier molecular flexibility index (Phi) is 4.11. The predicted octanol–water partition coefficient (Wildman–Crippen LogP) is 0.357. The van der Waals surface area contributed by atoms with Crippen molar-refractivity contribution in [2.24, 2.45) is 0 Å². The third-order valence-electron chi connectivity index (χ3n) is 1.08. The standard InChI is InChI=1S/C6H11NO2S/c1-3-5(6(9)10)7-4(2)8/h5H,3H2,1-2H3,(H,7,8)(H,9,10). The van der Waals surface area contributed by atoms with E-state index in [-0.39, 0.29) is 11.0 Å². The summed E-state index contributed by atoms with van der Waals surface area (Å²) in [4.78, 5) is 21.0. The van der Waals surface area contributed by atoms with Crippen LogP contribution in [0.25, 0.3) is 0 Å². The number of carbonyl (C=O) groups excluding carboxylic acids is 2. The van der Waals surface area contributed by atoms with Crippen molar-refractivity contribution in [2.75, 3.05) is 0 Å². The van der Waals surface area contributed by atoms with Gasteiger partial charge in [0, 0.05) is 6.92 Å². The first kappa shape index (κ1) is 9.49. The van der Waals surface area contributed by atoms with Gasteiger partial charge in [-0.25, -0.2) is 0 Å². The van der Waals surface area contributed by atoms with Crippen LogP contribution in [0.4, 0.5) is 0 Å². The van der Waals surface area contributed by atoms with Crippen molar-refractivity contribution in [1.82, 2.24) is 5.32 Å². The van der Waals surface area contributed by atoms with Crippen molar-refractivity contribution in [3.8, 4) is 0 Å². The molecule has 10 heavy (non-hydrogen) atoms. The molecular weight excluding hydrogens is 150 g/mol. The molecule has 0 bridgehead atoms. The highest BCUT2D eigenvalue weighted by molar-refractivity contribution is 7.96. The zero-order valence-corrected chi connectivity index (χ0v) is 6.94. The van der Waals surface area contributed by atoms with E-state index in [2.05, 4.69) is 17.9 Å². The fourth-order valence-electron chi connectivity index (χ4n) is 0.584. The molecule has 1 N–H and O–H groups in total. The molecule has 4 heteroatoms. The normalized spacial score (nSPS) is 12.3. The van der Waals surface area contributed by atoms with Crippen molar-refractivity contribution in [2.45, 2.75) is 26.3 Å². The number of rotatable bonds is 3. The largest absolute Gasteiger partial charge is 0.346 e. The summed E-state index contributed by atoms with van der Waals surface area (Å²) < 4.78 is 0. The zero-order valence-electron chi connectivity index (χ0n) is 6.05. The van der Waals surface area contributed by atoms with E-state index in [9.17, 15) is 9.59 Å². The summed E-state index contributed by atoms with van der Waals surface area (Å²) in [5.74, 6) is -0.200. The van der Waals surface area contributed by atoms with E-state index < -0.39 is 6.04 Å². The van der Waals surface area contributed by atoms with Gasteiger partial charge in [0.2, 0.25) is 11.0 Å². The lowest BCUT2D eigenvalue weighted by Crippen LogP contribution is -2.36. The van der Waals surface area contributed by atoms with Gasteiger partial charge in [-0.3, -0.25) is 9.59 Å². The number of nitrogens with one attached hydrogen (secondary N) is 1. The first-order valence-corrected chi connectivity index (χ1v) is 3.52. The molecule has 0 aromatic rings. The van der Waals surface area contributed by atoms with E-state index in [1.54, 1.807) is 0 Å². The van der Waals surface area contributed by atoms with Gasteiger partial charge in [0.1, 0.15) is 0 Å². The SMILES string of the molecule is CCC(NC(C)=O)C(=O)S. The van der Waals surface area contributed by atoms with Gasteiger partial charge in [-0.15, -0.1) is 12.6 Å². The van der Waals surface area contributed by atoms with Crippen LogP contribution in [0, 0.1) is 0 Å². The average molecular weight is 161 g/mol. The van der Waals surface area contributed by atoms with Crippen LogP contribution in [-0.2, 0) is 9.59 Å². The maximum Gasteiger partial charge on any atom is 0.217 e. The van der Waals surface area contributed by atoms with Gasteiger partial charge in [-0.05, 0) is 6.42 Å². The number of thiol groups is 1.